The number of nitrogens with zero attached hydrogens (tertiary/aromatic N) is 2. The van der Waals surface area contributed by atoms with Gasteiger partial charge in [-0.05, 0) is 57.3 Å². The molecule has 2 heterocycles. The van der Waals surface area contributed by atoms with E-state index in [1.54, 1.807) is 0 Å². The van der Waals surface area contributed by atoms with E-state index in [-0.39, 0.29) is 11.9 Å². The van der Waals surface area contributed by atoms with Crippen LogP contribution in [0.25, 0.3) is 0 Å². The number of nitrogens with one attached hydrogen (secondary N) is 1. The highest BCUT2D eigenvalue weighted by molar-refractivity contribution is 5.81. The van der Waals surface area contributed by atoms with Crippen molar-refractivity contribution < 1.29 is 4.79 Å². The van der Waals surface area contributed by atoms with Crippen LogP contribution in [0.2, 0.25) is 0 Å². The number of aryl methyl sites for hydroxylation is 1. The molecule has 0 saturated carbocycles. The second kappa shape index (κ2) is 8.52. The highest BCUT2D eigenvalue weighted by Gasteiger charge is 2.24. The zero-order chi connectivity index (χ0) is 16.8. The van der Waals surface area contributed by atoms with Crippen molar-refractivity contribution in [2.75, 3.05) is 38.1 Å². The molecule has 0 aliphatic carbocycles. The molecule has 0 radical (unpaired) electrons. The van der Waals surface area contributed by atoms with Crippen LogP contribution in [0.1, 0.15) is 44.1 Å². The zero-order valence-corrected chi connectivity index (χ0v) is 15.0. The van der Waals surface area contributed by atoms with Crippen LogP contribution in [-0.2, 0) is 11.2 Å². The van der Waals surface area contributed by atoms with E-state index in [2.05, 4.69) is 46.4 Å². The lowest BCUT2D eigenvalue weighted by Gasteiger charge is -2.31. The molecule has 4 nitrogen and oxygen atoms in total. The standard InChI is InChI=1S/C20H31N3O/c1-22-14-6-2-3-12-19(22)20(24)21-13-8-16-23-15-7-10-17-9-4-5-11-18(17)23/h4-5,9,11,19H,2-3,6-8,10,12-16H2,1H3,(H,21,24). The molecule has 1 fully saturated rings. The van der Waals surface area contributed by atoms with E-state index in [1.807, 2.05) is 0 Å². The van der Waals surface area contributed by atoms with Crippen LogP contribution in [-0.4, -0.2) is 50.1 Å². The SMILES string of the molecule is CN1CCCCCC1C(=O)NCCCN1CCCc2ccccc21. The Balaban J connectivity index is 1.43. The van der Waals surface area contributed by atoms with Crippen LogP contribution < -0.4 is 10.2 Å². The van der Waals surface area contributed by atoms with E-state index < -0.39 is 0 Å². The first-order valence-electron chi connectivity index (χ1n) is 9.56. The first-order chi connectivity index (χ1) is 11.8. The molecular weight excluding hydrogens is 298 g/mol. The summed E-state index contributed by atoms with van der Waals surface area (Å²) < 4.78 is 0. The summed E-state index contributed by atoms with van der Waals surface area (Å²) >= 11 is 0. The summed E-state index contributed by atoms with van der Waals surface area (Å²) in [5, 5.41) is 3.17. The van der Waals surface area contributed by atoms with E-state index >= 15 is 0 Å². The van der Waals surface area contributed by atoms with Gasteiger partial charge in [-0.15, -0.1) is 0 Å². The third-order valence-electron chi connectivity index (χ3n) is 5.43. The maximum absolute atomic E-state index is 12.4. The summed E-state index contributed by atoms with van der Waals surface area (Å²) in [6.45, 7) is 3.98. The minimum Gasteiger partial charge on any atom is -0.371 e. The molecule has 132 valence electrons. The predicted molar refractivity (Wildman–Crippen MR) is 99.5 cm³/mol. The number of fused-ring (bicyclic) bond motifs is 1. The average molecular weight is 329 g/mol. The molecule has 1 unspecified atom stereocenters. The van der Waals surface area contributed by atoms with Crippen molar-refractivity contribution in [1.29, 1.82) is 0 Å². The maximum Gasteiger partial charge on any atom is 0.237 e. The summed E-state index contributed by atoms with van der Waals surface area (Å²) in [7, 11) is 2.08. The summed E-state index contributed by atoms with van der Waals surface area (Å²) in [5.41, 5.74) is 2.85. The molecule has 3 rings (SSSR count). The molecule has 0 spiro atoms. The summed E-state index contributed by atoms with van der Waals surface area (Å²) in [5.74, 6) is 0.221. The number of carbonyl (C=O) groups excluding carboxylic acids is 1. The van der Waals surface area contributed by atoms with Gasteiger partial charge in [0.05, 0.1) is 6.04 Å². The Bertz CT molecular complexity index is 545. The number of carbonyl (C=O) groups is 1. The number of para-hydroxylation sites is 1. The Hall–Kier alpha value is -1.55. The third-order valence-corrected chi connectivity index (χ3v) is 5.43. The molecule has 1 atom stereocenters. The second-order valence-corrected chi connectivity index (χ2v) is 7.21. The van der Waals surface area contributed by atoms with Crippen LogP contribution in [0.4, 0.5) is 5.69 Å². The molecular formula is C20H31N3O. The van der Waals surface area contributed by atoms with Gasteiger partial charge in [0.15, 0.2) is 0 Å². The van der Waals surface area contributed by atoms with Crippen molar-refractivity contribution in [2.45, 2.75) is 51.0 Å². The van der Waals surface area contributed by atoms with Gasteiger partial charge in [-0.25, -0.2) is 0 Å². The Labute approximate surface area is 146 Å². The number of rotatable bonds is 5. The molecule has 1 amide bonds. The Morgan fingerprint density at radius 2 is 2.04 bits per heavy atom. The normalized spacial score (nSPS) is 21.9. The first kappa shape index (κ1) is 17.3. The van der Waals surface area contributed by atoms with Crippen molar-refractivity contribution in [3.63, 3.8) is 0 Å². The Morgan fingerprint density at radius 3 is 2.96 bits per heavy atom. The Morgan fingerprint density at radius 1 is 1.17 bits per heavy atom. The fourth-order valence-electron chi connectivity index (χ4n) is 4.03. The maximum atomic E-state index is 12.4. The first-order valence-corrected chi connectivity index (χ1v) is 9.56. The molecule has 1 N–H and O–H groups in total. The molecule has 1 aromatic rings. The summed E-state index contributed by atoms with van der Waals surface area (Å²) in [6.07, 6.45) is 8.08. The Kier molecular flexibility index (Phi) is 6.13. The number of amides is 1. The van der Waals surface area contributed by atoms with Crippen molar-refractivity contribution >= 4 is 11.6 Å². The molecule has 2 aliphatic rings. The molecule has 1 aromatic carbocycles. The van der Waals surface area contributed by atoms with Gasteiger partial charge >= 0.3 is 0 Å². The minimum atomic E-state index is 0.0724. The minimum absolute atomic E-state index is 0.0724. The van der Waals surface area contributed by atoms with E-state index in [0.29, 0.717) is 0 Å². The van der Waals surface area contributed by atoms with Gasteiger partial charge in [-0.1, -0.05) is 31.0 Å². The molecule has 4 heteroatoms. The van der Waals surface area contributed by atoms with Crippen molar-refractivity contribution in [3.8, 4) is 0 Å². The second-order valence-electron chi connectivity index (χ2n) is 7.21. The zero-order valence-electron chi connectivity index (χ0n) is 15.0. The number of likely N-dealkylation sites (tertiary alicyclic amines) is 1. The number of benzene rings is 1. The highest BCUT2D eigenvalue weighted by atomic mass is 16.2. The van der Waals surface area contributed by atoms with Gasteiger partial charge in [0, 0.05) is 25.3 Å². The van der Waals surface area contributed by atoms with E-state index in [1.165, 1.54) is 43.4 Å². The van der Waals surface area contributed by atoms with Crippen molar-refractivity contribution in [3.05, 3.63) is 29.8 Å². The highest BCUT2D eigenvalue weighted by Crippen LogP contribution is 2.26. The number of likely N-dealkylation sites (N-methyl/N-ethyl adjacent to an activating group) is 1. The molecule has 0 aromatic heterocycles. The lowest BCUT2D eigenvalue weighted by Crippen LogP contribution is -2.45. The van der Waals surface area contributed by atoms with Gasteiger partial charge < -0.3 is 10.2 Å². The van der Waals surface area contributed by atoms with Gasteiger partial charge in [-0.2, -0.15) is 0 Å². The quantitative estimate of drug-likeness (QED) is 0.844. The van der Waals surface area contributed by atoms with Gasteiger partial charge in [0.25, 0.3) is 0 Å². The van der Waals surface area contributed by atoms with Crippen LogP contribution in [0.15, 0.2) is 24.3 Å². The molecule has 0 bridgehead atoms. The summed E-state index contributed by atoms with van der Waals surface area (Å²) in [4.78, 5) is 17.1. The molecule has 1 saturated heterocycles. The fourth-order valence-corrected chi connectivity index (χ4v) is 4.03. The van der Waals surface area contributed by atoms with Crippen LogP contribution in [0.3, 0.4) is 0 Å². The van der Waals surface area contributed by atoms with E-state index in [0.717, 1.165) is 39.0 Å². The van der Waals surface area contributed by atoms with Crippen molar-refractivity contribution in [1.82, 2.24) is 10.2 Å². The lowest BCUT2D eigenvalue weighted by atomic mass is 10.0. The van der Waals surface area contributed by atoms with Gasteiger partial charge in [0.1, 0.15) is 0 Å². The monoisotopic (exact) mass is 329 g/mol. The topological polar surface area (TPSA) is 35.6 Å². The van der Waals surface area contributed by atoms with Gasteiger partial charge in [-0.3, -0.25) is 9.69 Å². The third kappa shape index (κ3) is 4.29. The number of anilines is 1. The largest absolute Gasteiger partial charge is 0.371 e. The molecule has 2 aliphatic heterocycles. The summed E-state index contributed by atoms with van der Waals surface area (Å²) in [6, 6.07) is 8.80. The van der Waals surface area contributed by atoms with Crippen molar-refractivity contribution in [2.24, 2.45) is 0 Å². The fraction of sp³-hybridized carbons (Fsp3) is 0.650. The van der Waals surface area contributed by atoms with Gasteiger partial charge in [0.2, 0.25) is 5.91 Å². The smallest absolute Gasteiger partial charge is 0.237 e. The van der Waals surface area contributed by atoms with Crippen LogP contribution in [0, 0.1) is 0 Å². The van der Waals surface area contributed by atoms with E-state index in [9.17, 15) is 4.79 Å². The van der Waals surface area contributed by atoms with E-state index in [4.69, 9.17) is 0 Å². The number of hydrogen-bond donors (Lipinski definition) is 1. The molecule has 24 heavy (non-hydrogen) atoms. The lowest BCUT2D eigenvalue weighted by molar-refractivity contribution is -0.126. The van der Waals surface area contributed by atoms with Crippen LogP contribution in [0.5, 0.6) is 0 Å². The average Bonchev–Trinajstić information content (AvgIpc) is 2.83. The predicted octanol–water partition coefficient (Wildman–Crippen LogP) is 2.82. The van der Waals surface area contributed by atoms with Crippen LogP contribution >= 0.6 is 0 Å². The number of hydrogen-bond acceptors (Lipinski definition) is 3.